The van der Waals surface area contributed by atoms with Crippen molar-refractivity contribution in [2.75, 3.05) is 5.32 Å². The minimum atomic E-state index is -0.963. The van der Waals surface area contributed by atoms with Crippen LogP contribution < -0.4 is 11.1 Å². The zero-order valence-electron chi connectivity index (χ0n) is 10.9. The Hall–Kier alpha value is -2.82. The van der Waals surface area contributed by atoms with Crippen molar-refractivity contribution in [1.29, 1.82) is 0 Å². The smallest absolute Gasteiger partial charge is 0.336 e. The molecule has 0 bridgehead atoms. The van der Waals surface area contributed by atoms with Gasteiger partial charge in [0.25, 0.3) is 0 Å². The van der Waals surface area contributed by atoms with E-state index in [-0.39, 0.29) is 5.56 Å². The number of hydrogen-bond acceptors (Lipinski definition) is 3. The third-order valence-electron chi connectivity index (χ3n) is 2.93. The molecule has 0 saturated heterocycles. The van der Waals surface area contributed by atoms with Gasteiger partial charge in [0.2, 0.25) is 5.91 Å². The van der Waals surface area contributed by atoms with E-state index in [0.29, 0.717) is 16.8 Å². The molecule has 0 heterocycles. The predicted octanol–water partition coefficient (Wildman–Crippen LogP) is 2.54. The summed E-state index contributed by atoms with van der Waals surface area (Å²) in [6, 6.07) is 11.7. The summed E-state index contributed by atoms with van der Waals surface area (Å²) >= 11 is 0. The average Bonchev–Trinajstić information content (AvgIpc) is 2.41. The molecule has 102 valence electrons. The number of nitrogens with one attached hydrogen (secondary N) is 1. The summed E-state index contributed by atoms with van der Waals surface area (Å²) in [5, 5.41) is 12.2. The lowest BCUT2D eigenvalue weighted by molar-refractivity contribution is 0.0696. The Labute approximate surface area is 116 Å². The van der Waals surface area contributed by atoms with Crippen LogP contribution in [-0.4, -0.2) is 17.0 Å². The molecule has 0 aliphatic carbocycles. The van der Waals surface area contributed by atoms with E-state index in [9.17, 15) is 9.59 Å². The predicted molar refractivity (Wildman–Crippen MR) is 76.4 cm³/mol. The van der Waals surface area contributed by atoms with Gasteiger partial charge in [-0.1, -0.05) is 6.07 Å². The first kappa shape index (κ1) is 13.6. The van der Waals surface area contributed by atoms with E-state index in [1.54, 1.807) is 49.4 Å². The molecular weight excluding hydrogens is 256 g/mol. The number of hydrogen-bond donors (Lipinski definition) is 3. The molecule has 0 atom stereocenters. The normalized spacial score (nSPS) is 10.1. The van der Waals surface area contributed by atoms with Crippen LogP contribution in [0.4, 0.5) is 11.4 Å². The maximum absolute atomic E-state index is 11.1. The van der Waals surface area contributed by atoms with E-state index < -0.39 is 11.9 Å². The number of carboxylic acids is 1. The third kappa shape index (κ3) is 2.95. The SMILES string of the molecule is Cc1ccc(Nc2ccc(C(N)=O)cc2)cc1C(=O)O. The lowest BCUT2D eigenvalue weighted by Gasteiger charge is -2.09. The molecule has 1 amide bonds. The second-order valence-corrected chi connectivity index (χ2v) is 4.40. The van der Waals surface area contributed by atoms with Crippen LogP contribution in [0.15, 0.2) is 42.5 Å². The standard InChI is InChI=1S/C15H14N2O3/c1-9-2-5-12(8-13(9)15(19)20)17-11-6-3-10(4-7-11)14(16)18/h2-8,17H,1H3,(H2,16,18)(H,19,20). The van der Waals surface area contributed by atoms with Crippen LogP contribution in [0.1, 0.15) is 26.3 Å². The van der Waals surface area contributed by atoms with E-state index in [1.165, 1.54) is 0 Å². The molecule has 20 heavy (non-hydrogen) atoms. The van der Waals surface area contributed by atoms with Crippen molar-refractivity contribution in [1.82, 2.24) is 0 Å². The fourth-order valence-corrected chi connectivity index (χ4v) is 1.81. The van der Waals surface area contributed by atoms with Crippen molar-refractivity contribution < 1.29 is 14.7 Å². The molecule has 0 spiro atoms. The first-order valence-corrected chi connectivity index (χ1v) is 5.98. The van der Waals surface area contributed by atoms with Gasteiger partial charge in [-0.05, 0) is 48.9 Å². The van der Waals surface area contributed by atoms with E-state index >= 15 is 0 Å². The molecular formula is C15H14N2O3. The summed E-state index contributed by atoms with van der Waals surface area (Å²) in [5.74, 6) is -1.45. The number of primary amides is 1. The molecule has 0 aromatic heterocycles. The molecule has 2 aromatic rings. The van der Waals surface area contributed by atoms with Crippen molar-refractivity contribution in [2.24, 2.45) is 5.73 Å². The van der Waals surface area contributed by atoms with Crippen LogP contribution in [0.25, 0.3) is 0 Å². The van der Waals surface area contributed by atoms with Gasteiger partial charge in [0.1, 0.15) is 0 Å². The number of benzene rings is 2. The summed E-state index contributed by atoms with van der Waals surface area (Å²) in [5.41, 5.74) is 7.95. The number of aryl methyl sites for hydroxylation is 1. The lowest BCUT2D eigenvalue weighted by atomic mass is 10.1. The molecule has 5 heteroatoms. The van der Waals surface area contributed by atoms with Crippen LogP contribution >= 0.6 is 0 Å². The number of nitrogens with two attached hydrogens (primary N) is 1. The minimum absolute atomic E-state index is 0.253. The topological polar surface area (TPSA) is 92.4 Å². The van der Waals surface area contributed by atoms with Gasteiger partial charge in [0.05, 0.1) is 5.56 Å². The van der Waals surface area contributed by atoms with Crippen LogP contribution in [0.3, 0.4) is 0 Å². The van der Waals surface area contributed by atoms with Crippen molar-refractivity contribution >= 4 is 23.3 Å². The summed E-state index contributed by atoms with van der Waals surface area (Å²) in [6.07, 6.45) is 0. The van der Waals surface area contributed by atoms with Crippen LogP contribution in [0.5, 0.6) is 0 Å². The molecule has 4 N–H and O–H groups in total. The van der Waals surface area contributed by atoms with E-state index in [1.807, 2.05) is 0 Å². The summed E-state index contributed by atoms with van der Waals surface area (Å²) in [4.78, 5) is 22.0. The number of amides is 1. The number of anilines is 2. The van der Waals surface area contributed by atoms with Crippen molar-refractivity contribution in [3.05, 3.63) is 59.2 Å². The molecule has 0 fully saturated rings. The largest absolute Gasteiger partial charge is 0.478 e. The van der Waals surface area contributed by atoms with Gasteiger partial charge >= 0.3 is 5.97 Å². The molecule has 0 aliphatic rings. The molecule has 2 aromatic carbocycles. The van der Waals surface area contributed by atoms with E-state index in [0.717, 1.165) is 5.69 Å². The molecule has 0 aliphatic heterocycles. The van der Waals surface area contributed by atoms with Gasteiger partial charge < -0.3 is 16.2 Å². The summed E-state index contributed by atoms with van der Waals surface area (Å²) < 4.78 is 0. The highest BCUT2D eigenvalue weighted by Gasteiger charge is 2.08. The minimum Gasteiger partial charge on any atom is -0.478 e. The third-order valence-corrected chi connectivity index (χ3v) is 2.93. The second-order valence-electron chi connectivity index (χ2n) is 4.40. The lowest BCUT2D eigenvalue weighted by Crippen LogP contribution is -2.10. The Morgan fingerprint density at radius 1 is 1.05 bits per heavy atom. The van der Waals surface area contributed by atoms with Gasteiger partial charge in [0, 0.05) is 16.9 Å². The maximum atomic E-state index is 11.1. The number of rotatable bonds is 4. The monoisotopic (exact) mass is 270 g/mol. The van der Waals surface area contributed by atoms with Crippen LogP contribution in [-0.2, 0) is 0 Å². The quantitative estimate of drug-likeness (QED) is 0.796. The van der Waals surface area contributed by atoms with E-state index in [2.05, 4.69) is 5.32 Å². The second kappa shape index (κ2) is 5.44. The zero-order valence-corrected chi connectivity index (χ0v) is 10.9. The Bertz CT molecular complexity index is 663. The molecule has 0 unspecified atom stereocenters. The Balaban J connectivity index is 2.23. The number of aromatic carboxylic acids is 1. The number of carboxylic acid groups (broad SMARTS) is 1. The highest BCUT2D eigenvalue weighted by molar-refractivity contribution is 5.93. The molecule has 2 rings (SSSR count). The van der Waals surface area contributed by atoms with Gasteiger partial charge in [-0.25, -0.2) is 4.79 Å². The van der Waals surface area contributed by atoms with E-state index in [4.69, 9.17) is 10.8 Å². The van der Waals surface area contributed by atoms with Gasteiger partial charge in [0.15, 0.2) is 0 Å². The maximum Gasteiger partial charge on any atom is 0.336 e. The van der Waals surface area contributed by atoms with Gasteiger partial charge in [-0.2, -0.15) is 0 Å². The number of carbonyl (C=O) groups excluding carboxylic acids is 1. The van der Waals surface area contributed by atoms with Crippen LogP contribution in [0, 0.1) is 6.92 Å². The van der Waals surface area contributed by atoms with Crippen molar-refractivity contribution in [2.45, 2.75) is 6.92 Å². The van der Waals surface area contributed by atoms with Gasteiger partial charge in [-0.3, -0.25) is 4.79 Å². The fraction of sp³-hybridized carbons (Fsp3) is 0.0667. The fourth-order valence-electron chi connectivity index (χ4n) is 1.81. The van der Waals surface area contributed by atoms with Crippen molar-refractivity contribution in [3.63, 3.8) is 0 Å². The highest BCUT2D eigenvalue weighted by Crippen LogP contribution is 2.20. The molecule has 5 nitrogen and oxygen atoms in total. The average molecular weight is 270 g/mol. The van der Waals surface area contributed by atoms with Crippen molar-refractivity contribution in [3.8, 4) is 0 Å². The first-order valence-electron chi connectivity index (χ1n) is 5.98. The summed E-state index contributed by atoms with van der Waals surface area (Å²) in [6.45, 7) is 1.74. The molecule has 0 saturated carbocycles. The Morgan fingerprint density at radius 2 is 1.65 bits per heavy atom. The summed E-state index contributed by atoms with van der Waals surface area (Å²) in [7, 11) is 0. The van der Waals surface area contributed by atoms with Crippen LogP contribution in [0.2, 0.25) is 0 Å². The Kier molecular flexibility index (Phi) is 3.70. The van der Waals surface area contributed by atoms with Gasteiger partial charge in [-0.15, -0.1) is 0 Å². The Morgan fingerprint density at radius 3 is 2.20 bits per heavy atom. The zero-order chi connectivity index (χ0) is 14.7. The molecule has 0 radical (unpaired) electrons. The number of carbonyl (C=O) groups is 2. The highest BCUT2D eigenvalue weighted by atomic mass is 16.4. The first-order chi connectivity index (χ1) is 9.47.